The standard InChI is InChI=1S/C33H42FNO5/c1-6-27(36)25-19-24(20-26-29(22(2)39-30(25)26)23-13-8-7-9-14-23)28(37)15-10-11-16-33(34)17-12-18-35(21-33)31(38)40-32(3,4)5/h7-9,13-14,19-20,22,29H,6,10-12,15-18,21H2,1-5H3/t22-,29+,33?/m1/s1. The number of unbranched alkanes of at least 4 members (excludes halogenated alkanes) is 1. The van der Waals surface area contributed by atoms with Gasteiger partial charge in [0.25, 0.3) is 0 Å². The molecule has 0 bridgehead atoms. The molecular weight excluding hydrogens is 509 g/mol. The lowest BCUT2D eigenvalue weighted by Gasteiger charge is -2.38. The third kappa shape index (κ3) is 6.91. The number of hydrogen-bond acceptors (Lipinski definition) is 5. The third-order valence-corrected chi connectivity index (χ3v) is 7.79. The Labute approximate surface area is 237 Å². The smallest absolute Gasteiger partial charge is 0.410 e. The number of halogens is 1. The number of alkyl halides is 1. The maximum absolute atomic E-state index is 15.6. The van der Waals surface area contributed by atoms with Gasteiger partial charge in [-0.1, -0.05) is 37.3 Å². The minimum absolute atomic E-state index is 0.0161. The zero-order chi connectivity index (χ0) is 29.1. The van der Waals surface area contributed by atoms with E-state index in [4.69, 9.17) is 9.47 Å². The fourth-order valence-corrected chi connectivity index (χ4v) is 5.84. The Balaban J connectivity index is 1.42. The molecule has 40 heavy (non-hydrogen) atoms. The lowest BCUT2D eigenvalue weighted by Crippen LogP contribution is -2.49. The van der Waals surface area contributed by atoms with Crippen molar-refractivity contribution in [3.63, 3.8) is 0 Å². The molecule has 0 spiro atoms. The van der Waals surface area contributed by atoms with Crippen LogP contribution in [0.5, 0.6) is 5.75 Å². The van der Waals surface area contributed by atoms with E-state index in [2.05, 4.69) is 0 Å². The number of piperidine rings is 1. The van der Waals surface area contributed by atoms with Crippen molar-refractivity contribution in [2.75, 3.05) is 13.1 Å². The van der Waals surface area contributed by atoms with Gasteiger partial charge in [-0.3, -0.25) is 9.59 Å². The molecule has 2 aromatic rings. The van der Waals surface area contributed by atoms with Gasteiger partial charge in [0.2, 0.25) is 0 Å². The van der Waals surface area contributed by atoms with Crippen molar-refractivity contribution in [3.05, 3.63) is 64.7 Å². The molecule has 1 fully saturated rings. The number of likely N-dealkylation sites (tertiary alicyclic amines) is 1. The summed E-state index contributed by atoms with van der Waals surface area (Å²) in [6.45, 7) is 9.69. The Morgan fingerprint density at radius 2 is 1.82 bits per heavy atom. The van der Waals surface area contributed by atoms with E-state index < -0.39 is 17.4 Å². The van der Waals surface area contributed by atoms with Crippen LogP contribution in [0.15, 0.2) is 42.5 Å². The number of carbonyl (C=O) groups is 3. The lowest BCUT2D eigenvalue weighted by molar-refractivity contribution is -0.00817. The molecule has 3 atom stereocenters. The third-order valence-electron chi connectivity index (χ3n) is 7.79. The molecule has 2 aliphatic rings. The molecule has 0 radical (unpaired) electrons. The number of benzene rings is 2. The van der Waals surface area contributed by atoms with Gasteiger partial charge < -0.3 is 14.4 Å². The van der Waals surface area contributed by atoms with E-state index in [-0.39, 0.29) is 43.0 Å². The van der Waals surface area contributed by atoms with Gasteiger partial charge in [0.1, 0.15) is 23.1 Å². The molecule has 6 nitrogen and oxygen atoms in total. The Morgan fingerprint density at radius 1 is 1.10 bits per heavy atom. The molecule has 4 rings (SSSR count). The van der Waals surface area contributed by atoms with E-state index in [0.717, 1.165) is 11.1 Å². The summed E-state index contributed by atoms with van der Waals surface area (Å²) in [4.78, 5) is 40.1. The summed E-state index contributed by atoms with van der Waals surface area (Å²) in [6, 6.07) is 13.5. The van der Waals surface area contributed by atoms with Gasteiger partial charge in [-0.25, -0.2) is 9.18 Å². The predicted molar refractivity (Wildman–Crippen MR) is 153 cm³/mol. The molecule has 0 aliphatic carbocycles. The van der Waals surface area contributed by atoms with Crippen LogP contribution >= 0.6 is 0 Å². The van der Waals surface area contributed by atoms with Crippen molar-refractivity contribution in [2.45, 2.75) is 103 Å². The van der Waals surface area contributed by atoms with Crippen LogP contribution in [0.2, 0.25) is 0 Å². The Morgan fingerprint density at radius 3 is 2.50 bits per heavy atom. The van der Waals surface area contributed by atoms with E-state index in [1.54, 1.807) is 33.8 Å². The summed E-state index contributed by atoms with van der Waals surface area (Å²) in [5.41, 5.74) is 0.794. The second kappa shape index (κ2) is 12.1. The van der Waals surface area contributed by atoms with Gasteiger partial charge in [0, 0.05) is 36.4 Å². The van der Waals surface area contributed by atoms with Crippen LogP contribution in [0, 0.1) is 0 Å². The van der Waals surface area contributed by atoms with Crippen LogP contribution < -0.4 is 4.74 Å². The summed E-state index contributed by atoms with van der Waals surface area (Å²) in [7, 11) is 0. The average Bonchev–Trinajstić information content (AvgIpc) is 3.25. The highest BCUT2D eigenvalue weighted by molar-refractivity contribution is 6.04. The summed E-state index contributed by atoms with van der Waals surface area (Å²) in [5.74, 6) is 0.387. The number of hydrogen-bond donors (Lipinski definition) is 0. The number of carbonyl (C=O) groups excluding carboxylic acids is 3. The minimum atomic E-state index is -1.48. The number of rotatable bonds is 9. The quantitative estimate of drug-likeness (QED) is 0.236. The van der Waals surface area contributed by atoms with Gasteiger partial charge in [-0.15, -0.1) is 0 Å². The Hall–Kier alpha value is -3.22. The molecule has 2 aliphatic heterocycles. The minimum Gasteiger partial charge on any atom is -0.489 e. The number of amides is 1. The molecule has 1 amide bonds. The molecule has 2 heterocycles. The summed E-state index contributed by atoms with van der Waals surface area (Å²) in [5, 5.41) is 0. The molecular formula is C33H42FNO5. The van der Waals surface area contributed by atoms with Crippen molar-refractivity contribution in [3.8, 4) is 5.75 Å². The highest BCUT2D eigenvalue weighted by Crippen LogP contribution is 2.45. The van der Waals surface area contributed by atoms with Crippen molar-refractivity contribution >= 4 is 17.7 Å². The van der Waals surface area contributed by atoms with E-state index >= 15 is 4.39 Å². The van der Waals surface area contributed by atoms with E-state index in [1.165, 1.54) is 4.90 Å². The first kappa shape index (κ1) is 29.8. The Bertz CT molecular complexity index is 1240. The second-order valence-corrected chi connectivity index (χ2v) is 12.2. The topological polar surface area (TPSA) is 72.9 Å². The summed E-state index contributed by atoms with van der Waals surface area (Å²) >= 11 is 0. The predicted octanol–water partition coefficient (Wildman–Crippen LogP) is 7.67. The summed E-state index contributed by atoms with van der Waals surface area (Å²) < 4.78 is 27.3. The highest BCUT2D eigenvalue weighted by atomic mass is 19.1. The van der Waals surface area contributed by atoms with Gasteiger partial charge >= 0.3 is 6.09 Å². The molecule has 216 valence electrons. The first-order chi connectivity index (χ1) is 18.9. The van der Waals surface area contributed by atoms with Gasteiger partial charge in [0.05, 0.1) is 12.1 Å². The van der Waals surface area contributed by atoms with Gasteiger partial charge in [-0.05, 0) is 77.5 Å². The second-order valence-electron chi connectivity index (χ2n) is 12.2. The number of Topliss-reactive ketones (excluding diaryl/α,β-unsaturated/α-hetero) is 2. The van der Waals surface area contributed by atoms with Crippen LogP contribution in [-0.4, -0.2) is 53.0 Å². The number of nitrogens with zero attached hydrogens (tertiary/aromatic N) is 1. The molecule has 2 aromatic carbocycles. The number of ketones is 2. The van der Waals surface area contributed by atoms with E-state index in [9.17, 15) is 14.4 Å². The molecule has 1 unspecified atom stereocenters. The van der Waals surface area contributed by atoms with E-state index in [0.29, 0.717) is 55.5 Å². The van der Waals surface area contributed by atoms with E-state index in [1.807, 2.05) is 43.3 Å². The number of fused-ring (bicyclic) bond motifs is 1. The SMILES string of the molecule is CCC(=O)c1cc(C(=O)CCCCC2(F)CCCN(C(=O)OC(C)(C)C)C2)cc2c1O[C@H](C)[C@H]2c1ccccc1. The van der Waals surface area contributed by atoms with Crippen LogP contribution in [0.1, 0.15) is 117 Å². The largest absolute Gasteiger partial charge is 0.489 e. The van der Waals surface area contributed by atoms with Crippen molar-refractivity contribution in [2.24, 2.45) is 0 Å². The summed E-state index contributed by atoms with van der Waals surface area (Å²) in [6.07, 6.45) is 2.25. The molecule has 0 aromatic heterocycles. The molecule has 0 saturated carbocycles. The lowest BCUT2D eigenvalue weighted by atomic mass is 9.85. The maximum Gasteiger partial charge on any atom is 0.410 e. The first-order valence-electron chi connectivity index (χ1n) is 14.5. The van der Waals surface area contributed by atoms with Gasteiger partial charge in [0.15, 0.2) is 11.6 Å². The monoisotopic (exact) mass is 551 g/mol. The normalized spacial score (nSPS) is 22.4. The molecule has 0 N–H and O–H groups in total. The maximum atomic E-state index is 15.6. The fraction of sp³-hybridized carbons (Fsp3) is 0.545. The molecule has 7 heteroatoms. The van der Waals surface area contributed by atoms with Crippen molar-refractivity contribution < 1.29 is 28.2 Å². The average molecular weight is 552 g/mol. The first-order valence-corrected chi connectivity index (χ1v) is 14.5. The van der Waals surface area contributed by atoms with Crippen LogP contribution in [0.3, 0.4) is 0 Å². The Kier molecular flexibility index (Phi) is 9.01. The van der Waals surface area contributed by atoms with Crippen molar-refractivity contribution in [1.82, 2.24) is 4.90 Å². The fourth-order valence-electron chi connectivity index (χ4n) is 5.84. The van der Waals surface area contributed by atoms with Crippen LogP contribution in [-0.2, 0) is 4.74 Å². The van der Waals surface area contributed by atoms with Gasteiger partial charge in [-0.2, -0.15) is 0 Å². The zero-order valence-electron chi connectivity index (χ0n) is 24.4. The van der Waals surface area contributed by atoms with Crippen molar-refractivity contribution in [1.29, 1.82) is 0 Å². The highest BCUT2D eigenvalue weighted by Gasteiger charge is 2.39. The van der Waals surface area contributed by atoms with Crippen LogP contribution in [0.4, 0.5) is 9.18 Å². The zero-order valence-corrected chi connectivity index (χ0v) is 24.4. The number of ether oxygens (including phenoxy) is 2. The van der Waals surface area contributed by atoms with Crippen LogP contribution in [0.25, 0.3) is 0 Å². The molecule has 1 saturated heterocycles.